The van der Waals surface area contributed by atoms with Crippen LogP contribution in [0.2, 0.25) is 0 Å². The number of carbonyl (C=O) groups excluding carboxylic acids is 1. The Balaban J connectivity index is 2.27. The van der Waals surface area contributed by atoms with Crippen LogP contribution in [0.15, 0.2) is 42.5 Å². The summed E-state index contributed by atoms with van der Waals surface area (Å²) < 4.78 is 77.0. The zero-order valence-electron chi connectivity index (χ0n) is 13.1. The second kappa shape index (κ2) is 7.43. The lowest BCUT2D eigenvalue weighted by Gasteiger charge is -2.15. The summed E-state index contributed by atoms with van der Waals surface area (Å²) in [5, 5.41) is 13.5. The van der Waals surface area contributed by atoms with Gasteiger partial charge in [0.1, 0.15) is 5.75 Å². The van der Waals surface area contributed by atoms with Crippen molar-refractivity contribution < 1.29 is 36.2 Å². The van der Waals surface area contributed by atoms with E-state index in [1.54, 1.807) is 0 Å². The standard InChI is InChI=1S/C16H10F6N2O2S/c17-15(18,19)9-5-8(6-10(7-9)16(20,21)22)13(26)24-14(27)23-11-3-1-2-4-12(11)25/h1-7,25H,(H2,23,24,26,27). The molecule has 0 radical (unpaired) electrons. The van der Waals surface area contributed by atoms with Gasteiger partial charge in [-0.1, -0.05) is 12.1 Å². The van der Waals surface area contributed by atoms with Gasteiger partial charge in [0.05, 0.1) is 16.8 Å². The Bertz CT molecular complexity index is 848. The van der Waals surface area contributed by atoms with E-state index >= 15 is 0 Å². The first kappa shape index (κ1) is 20.5. The van der Waals surface area contributed by atoms with E-state index in [2.05, 4.69) is 5.32 Å². The molecule has 2 aromatic carbocycles. The van der Waals surface area contributed by atoms with Gasteiger partial charge in [-0.25, -0.2) is 0 Å². The number of thiocarbonyl (C=S) groups is 1. The summed E-state index contributed by atoms with van der Waals surface area (Å²) >= 11 is 4.79. The third-order valence-corrected chi connectivity index (χ3v) is 3.43. The minimum absolute atomic E-state index is 0.0859. The normalized spacial score (nSPS) is 11.8. The molecule has 0 aromatic heterocycles. The number of phenolic OH excluding ortho intramolecular Hbond substituents is 1. The molecule has 0 saturated carbocycles. The number of hydrogen-bond donors (Lipinski definition) is 3. The van der Waals surface area contributed by atoms with Crippen molar-refractivity contribution in [3.05, 3.63) is 59.2 Å². The van der Waals surface area contributed by atoms with Crippen molar-refractivity contribution in [2.24, 2.45) is 0 Å². The Morgan fingerprint density at radius 1 is 0.926 bits per heavy atom. The van der Waals surface area contributed by atoms with Gasteiger partial charge in [-0.15, -0.1) is 0 Å². The molecule has 0 aliphatic carbocycles. The minimum Gasteiger partial charge on any atom is -0.506 e. The van der Waals surface area contributed by atoms with E-state index in [1.165, 1.54) is 24.3 Å². The minimum atomic E-state index is -5.08. The Labute approximate surface area is 153 Å². The number of amides is 1. The summed E-state index contributed by atoms with van der Waals surface area (Å²) in [4.78, 5) is 12.1. The monoisotopic (exact) mass is 408 g/mol. The zero-order chi connectivity index (χ0) is 20.4. The zero-order valence-corrected chi connectivity index (χ0v) is 13.9. The lowest BCUT2D eigenvalue weighted by atomic mass is 10.0. The highest BCUT2D eigenvalue weighted by Crippen LogP contribution is 2.36. The van der Waals surface area contributed by atoms with E-state index in [-0.39, 0.29) is 29.6 Å². The Hall–Kier alpha value is -2.82. The summed E-state index contributed by atoms with van der Waals surface area (Å²) in [6, 6.07) is 6.20. The molecule has 144 valence electrons. The van der Waals surface area contributed by atoms with Crippen LogP contribution in [0.25, 0.3) is 0 Å². The number of aromatic hydroxyl groups is 1. The predicted octanol–water partition coefficient (Wildman–Crippen LogP) is 4.56. The molecule has 4 nitrogen and oxygen atoms in total. The second-order valence-electron chi connectivity index (χ2n) is 5.22. The maximum Gasteiger partial charge on any atom is 0.416 e. The highest BCUT2D eigenvalue weighted by Gasteiger charge is 2.37. The smallest absolute Gasteiger partial charge is 0.416 e. The van der Waals surface area contributed by atoms with Gasteiger partial charge in [-0.05, 0) is 42.5 Å². The van der Waals surface area contributed by atoms with Gasteiger partial charge in [0.15, 0.2) is 5.11 Å². The molecule has 1 amide bonds. The van der Waals surface area contributed by atoms with Gasteiger partial charge in [0, 0.05) is 5.56 Å². The van der Waals surface area contributed by atoms with Crippen LogP contribution in [-0.4, -0.2) is 16.1 Å². The van der Waals surface area contributed by atoms with Gasteiger partial charge in [-0.3, -0.25) is 10.1 Å². The Morgan fingerprint density at radius 3 is 1.93 bits per heavy atom. The second-order valence-corrected chi connectivity index (χ2v) is 5.63. The largest absolute Gasteiger partial charge is 0.506 e. The molecule has 0 aliphatic rings. The van der Waals surface area contributed by atoms with Crippen LogP contribution in [0.5, 0.6) is 5.75 Å². The molecule has 0 heterocycles. The number of nitrogens with one attached hydrogen (secondary N) is 2. The fraction of sp³-hybridized carbons (Fsp3) is 0.125. The van der Waals surface area contributed by atoms with Crippen LogP contribution in [0.3, 0.4) is 0 Å². The molecule has 0 bridgehead atoms. The number of hydrogen-bond acceptors (Lipinski definition) is 3. The van der Waals surface area contributed by atoms with Gasteiger partial charge in [0.2, 0.25) is 0 Å². The molecule has 0 unspecified atom stereocenters. The first-order chi connectivity index (χ1) is 12.4. The van der Waals surface area contributed by atoms with Crippen molar-refractivity contribution in [2.45, 2.75) is 12.4 Å². The number of alkyl halides is 6. The molecule has 2 rings (SSSR count). The SMILES string of the molecule is O=C(NC(=S)Nc1ccccc1O)c1cc(C(F)(F)F)cc(C(F)(F)F)c1. The van der Waals surface area contributed by atoms with Crippen molar-refractivity contribution in [1.29, 1.82) is 0 Å². The number of carbonyl (C=O) groups is 1. The molecule has 11 heteroatoms. The molecule has 0 spiro atoms. The molecular weight excluding hydrogens is 398 g/mol. The quantitative estimate of drug-likeness (QED) is 0.388. The summed E-state index contributed by atoms with van der Waals surface area (Å²) in [7, 11) is 0. The van der Waals surface area contributed by atoms with Crippen LogP contribution in [-0.2, 0) is 12.4 Å². The Morgan fingerprint density at radius 2 is 1.44 bits per heavy atom. The third-order valence-electron chi connectivity index (χ3n) is 3.23. The molecule has 0 aliphatic heterocycles. The third kappa shape index (κ3) is 5.33. The number of para-hydroxylation sites is 2. The van der Waals surface area contributed by atoms with Crippen LogP contribution in [0.1, 0.15) is 21.5 Å². The molecule has 27 heavy (non-hydrogen) atoms. The fourth-order valence-electron chi connectivity index (χ4n) is 1.99. The van der Waals surface area contributed by atoms with Crippen LogP contribution in [0, 0.1) is 0 Å². The van der Waals surface area contributed by atoms with Crippen LogP contribution >= 0.6 is 12.2 Å². The van der Waals surface area contributed by atoms with E-state index < -0.39 is 40.1 Å². The fourth-order valence-corrected chi connectivity index (χ4v) is 2.20. The van der Waals surface area contributed by atoms with Gasteiger partial charge < -0.3 is 10.4 Å². The number of benzene rings is 2. The number of anilines is 1. The summed E-state index contributed by atoms with van der Waals surface area (Å²) in [5.41, 5.74) is -4.04. The van der Waals surface area contributed by atoms with Gasteiger partial charge in [0.25, 0.3) is 5.91 Å². The van der Waals surface area contributed by atoms with E-state index in [0.29, 0.717) is 0 Å². The summed E-state index contributed by atoms with van der Waals surface area (Å²) in [6.45, 7) is 0. The Kier molecular flexibility index (Phi) is 5.64. The van der Waals surface area contributed by atoms with Crippen LogP contribution in [0.4, 0.5) is 32.0 Å². The molecule has 0 fully saturated rings. The first-order valence-electron chi connectivity index (χ1n) is 7.08. The molecular formula is C16H10F6N2O2S. The van der Waals surface area contributed by atoms with Crippen LogP contribution < -0.4 is 10.6 Å². The van der Waals surface area contributed by atoms with E-state index in [9.17, 15) is 36.2 Å². The highest BCUT2D eigenvalue weighted by atomic mass is 32.1. The van der Waals surface area contributed by atoms with E-state index in [4.69, 9.17) is 12.2 Å². The van der Waals surface area contributed by atoms with E-state index in [1.807, 2.05) is 5.32 Å². The molecule has 0 atom stereocenters. The molecule has 3 N–H and O–H groups in total. The number of halogens is 6. The predicted molar refractivity (Wildman–Crippen MR) is 88.2 cm³/mol. The van der Waals surface area contributed by atoms with Gasteiger partial charge in [-0.2, -0.15) is 26.3 Å². The van der Waals surface area contributed by atoms with Crippen molar-refractivity contribution in [3.8, 4) is 5.75 Å². The molecule has 0 saturated heterocycles. The number of phenols is 1. The van der Waals surface area contributed by atoms with E-state index in [0.717, 1.165) is 0 Å². The van der Waals surface area contributed by atoms with Crippen molar-refractivity contribution in [3.63, 3.8) is 0 Å². The highest BCUT2D eigenvalue weighted by molar-refractivity contribution is 7.80. The maximum atomic E-state index is 12.8. The van der Waals surface area contributed by atoms with Gasteiger partial charge >= 0.3 is 12.4 Å². The summed E-state index contributed by atoms with van der Waals surface area (Å²) in [5.74, 6) is -1.51. The van der Waals surface area contributed by atoms with Crippen molar-refractivity contribution in [1.82, 2.24) is 5.32 Å². The van der Waals surface area contributed by atoms with Crippen molar-refractivity contribution in [2.75, 3.05) is 5.32 Å². The maximum absolute atomic E-state index is 12.8. The topological polar surface area (TPSA) is 61.4 Å². The molecule has 2 aromatic rings. The lowest BCUT2D eigenvalue weighted by Crippen LogP contribution is -2.34. The first-order valence-corrected chi connectivity index (χ1v) is 7.48. The lowest BCUT2D eigenvalue weighted by molar-refractivity contribution is -0.143. The summed E-state index contributed by atoms with van der Waals surface area (Å²) in [6.07, 6.45) is -10.2. The average molecular weight is 408 g/mol. The number of rotatable bonds is 2. The average Bonchev–Trinajstić information content (AvgIpc) is 2.55. The van der Waals surface area contributed by atoms with Crippen molar-refractivity contribution >= 4 is 28.9 Å².